The molecule has 4 heteroatoms. The van der Waals surface area contributed by atoms with Gasteiger partial charge in [0.2, 0.25) is 0 Å². The maximum absolute atomic E-state index is 3.36. The van der Waals surface area contributed by atoms with Gasteiger partial charge in [0, 0.05) is 6.67 Å². The first-order valence-electron chi connectivity index (χ1n) is 4.74. The number of nitrogens with zero attached hydrogens (tertiary/aromatic N) is 2. The Morgan fingerprint density at radius 1 is 0.846 bits per heavy atom. The molecule has 2 unspecified atom stereocenters. The predicted molar refractivity (Wildman–Crippen MR) is 57.4 cm³/mol. The number of nitrogens with one attached hydrogen (secondary N) is 2. The molecule has 80 valence electrons. The molecular weight excluding hydrogens is 164 g/mol. The Morgan fingerprint density at radius 2 is 1.15 bits per heavy atom. The summed E-state index contributed by atoms with van der Waals surface area (Å²) in [7, 11) is 8.25. The third kappa shape index (κ3) is 5.99. The lowest BCUT2D eigenvalue weighted by Crippen LogP contribution is -2.48. The zero-order chi connectivity index (χ0) is 10.4. The molecule has 0 heterocycles. The van der Waals surface area contributed by atoms with E-state index in [1.54, 1.807) is 0 Å². The molecule has 2 atom stereocenters. The Hall–Kier alpha value is -0.160. The van der Waals surface area contributed by atoms with E-state index in [9.17, 15) is 0 Å². The highest BCUT2D eigenvalue weighted by atomic mass is 15.3. The minimum absolute atomic E-state index is 0.405. The zero-order valence-corrected chi connectivity index (χ0v) is 9.76. The molecule has 13 heavy (non-hydrogen) atoms. The molecule has 0 fully saturated rings. The fourth-order valence-corrected chi connectivity index (χ4v) is 0.719. The standard InChI is InChI=1S/C9H24N4/c1-8(12(3)4)10-7-11-9(2)13(5)6/h8-11H,7H2,1-6H3. The summed E-state index contributed by atoms with van der Waals surface area (Å²) < 4.78 is 0. The summed E-state index contributed by atoms with van der Waals surface area (Å²) in [6, 6.07) is 0. The van der Waals surface area contributed by atoms with Crippen molar-refractivity contribution in [3.8, 4) is 0 Å². The average molecular weight is 188 g/mol. The van der Waals surface area contributed by atoms with E-state index in [2.05, 4.69) is 62.5 Å². The first-order valence-corrected chi connectivity index (χ1v) is 4.74. The maximum Gasteiger partial charge on any atom is 0.0572 e. The van der Waals surface area contributed by atoms with Crippen LogP contribution in [0.5, 0.6) is 0 Å². The quantitative estimate of drug-likeness (QED) is 0.572. The Balaban J connectivity index is 3.45. The SMILES string of the molecule is CC(NCNC(C)N(C)C)N(C)C. The van der Waals surface area contributed by atoms with Crippen molar-refractivity contribution in [2.45, 2.75) is 26.2 Å². The van der Waals surface area contributed by atoms with Crippen LogP contribution in [0.25, 0.3) is 0 Å². The largest absolute Gasteiger partial charge is 0.294 e. The molecule has 4 nitrogen and oxygen atoms in total. The summed E-state index contributed by atoms with van der Waals surface area (Å²) in [5.74, 6) is 0. The second-order valence-electron chi connectivity index (χ2n) is 3.86. The van der Waals surface area contributed by atoms with Crippen LogP contribution >= 0.6 is 0 Å². The average Bonchev–Trinajstić information content (AvgIpc) is 2.03. The van der Waals surface area contributed by atoms with Crippen LogP contribution in [0.15, 0.2) is 0 Å². The van der Waals surface area contributed by atoms with E-state index in [0.717, 1.165) is 6.67 Å². The Bertz CT molecular complexity index is 111. The van der Waals surface area contributed by atoms with Crippen LogP contribution in [0.4, 0.5) is 0 Å². The van der Waals surface area contributed by atoms with Gasteiger partial charge in [0.15, 0.2) is 0 Å². The van der Waals surface area contributed by atoms with Crippen LogP contribution in [-0.4, -0.2) is 57.0 Å². The Kier molecular flexibility index (Phi) is 6.24. The minimum atomic E-state index is 0.405. The van der Waals surface area contributed by atoms with Crippen molar-refractivity contribution in [1.82, 2.24) is 20.4 Å². The lowest BCUT2D eigenvalue weighted by Gasteiger charge is -2.25. The zero-order valence-electron chi connectivity index (χ0n) is 9.76. The van der Waals surface area contributed by atoms with Crippen molar-refractivity contribution in [1.29, 1.82) is 0 Å². The van der Waals surface area contributed by atoms with Crippen molar-refractivity contribution in [3.63, 3.8) is 0 Å². The maximum atomic E-state index is 3.36. The third-order valence-corrected chi connectivity index (χ3v) is 2.34. The van der Waals surface area contributed by atoms with Gasteiger partial charge in [-0.2, -0.15) is 0 Å². The topological polar surface area (TPSA) is 30.5 Å². The van der Waals surface area contributed by atoms with Crippen LogP contribution in [0.3, 0.4) is 0 Å². The second kappa shape index (κ2) is 6.32. The van der Waals surface area contributed by atoms with E-state index < -0.39 is 0 Å². The van der Waals surface area contributed by atoms with Crippen LogP contribution < -0.4 is 10.6 Å². The van der Waals surface area contributed by atoms with E-state index in [-0.39, 0.29) is 0 Å². The van der Waals surface area contributed by atoms with E-state index in [4.69, 9.17) is 0 Å². The fourth-order valence-electron chi connectivity index (χ4n) is 0.719. The van der Waals surface area contributed by atoms with Gasteiger partial charge in [-0.05, 0) is 42.0 Å². The van der Waals surface area contributed by atoms with Crippen molar-refractivity contribution < 1.29 is 0 Å². The molecule has 0 bridgehead atoms. The third-order valence-electron chi connectivity index (χ3n) is 2.34. The van der Waals surface area contributed by atoms with Gasteiger partial charge in [-0.3, -0.25) is 20.4 Å². The van der Waals surface area contributed by atoms with Crippen LogP contribution in [0, 0.1) is 0 Å². The number of hydrogen-bond donors (Lipinski definition) is 2. The first kappa shape index (κ1) is 12.8. The van der Waals surface area contributed by atoms with E-state index in [1.807, 2.05) is 0 Å². The summed E-state index contributed by atoms with van der Waals surface area (Å²) in [6.45, 7) is 5.11. The smallest absolute Gasteiger partial charge is 0.0572 e. The Labute approximate surface area is 82.3 Å². The molecule has 0 rings (SSSR count). The monoisotopic (exact) mass is 188 g/mol. The molecule has 0 aromatic carbocycles. The van der Waals surface area contributed by atoms with Crippen molar-refractivity contribution in [2.24, 2.45) is 0 Å². The lowest BCUT2D eigenvalue weighted by atomic mass is 10.5. The first-order chi connectivity index (χ1) is 5.95. The molecule has 0 amide bonds. The molecule has 0 aliphatic rings. The van der Waals surface area contributed by atoms with Crippen LogP contribution in [-0.2, 0) is 0 Å². The van der Waals surface area contributed by atoms with Crippen LogP contribution in [0.1, 0.15) is 13.8 Å². The van der Waals surface area contributed by atoms with Gasteiger partial charge in [0.1, 0.15) is 0 Å². The molecule has 0 aromatic heterocycles. The summed E-state index contributed by atoms with van der Waals surface area (Å²) in [6.07, 6.45) is 0.809. The van der Waals surface area contributed by atoms with Gasteiger partial charge in [0.05, 0.1) is 12.3 Å². The van der Waals surface area contributed by atoms with Gasteiger partial charge in [-0.1, -0.05) is 0 Å². The van der Waals surface area contributed by atoms with Crippen LogP contribution in [0.2, 0.25) is 0 Å². The molecular formula is C9H24N4. The summed E-state index contributed by atoms with van der Waals surface area (Å²) in [4.78, 5) is 4.28. The molecule has 0 radical (unpaired) electrons. The molecule has 0 aliphatic heterocycles. The van der Waals surface area contributed by atoms with Crippen molar-refractivity contribution in [3.05, 3.63) is 0 Å². The highest BCUT2D eigenvalue weighted by Gasteiger charge is 2.04. The molecule has 0 saturated carbocycles. The van der Waals surface area contributed by atoms with Gasteiger partial charge in [0.25, 0.3) is 0 Å². The molecule has 0 saturated heterocycles. The molecule has 0 aliphatic carbocycles. The highest BCUT2D eigenvalue weighted by Crippen LogP contribution is 1.86. The van der Waals surface area contributed by atoms with Gasteiger partial charge < -0.3 is 0 Å². The lowest BCUT2D eigenvalue weighted by molar-refractivity contribution is 0.223. The predicted octanol–water partition coefficient (Wildman–Crippen LogP) is -0.0617. The summed E-state index contributed by atoms with van der Waals surface area (Å²) >= 11 is 0. The summed E-state index contributed by atoms with van der Waals surface area (Å²) in [5, 5.41) is 6.71. The normalized spacial score (nSPS) is 16.6. The highest BCUT2D eigenvalue weighted by molar-refractivity contribution is 4.59. The molecule has 0 aromatic rings. The van der Waals surface area contributed by atoms with Gasteiger partial charge >= 0.3 is 0 Å². The van der Waals surface area contributed by atoms with Crippen molar-refractivity contribution >= 4 is 0 Å². The molecule has 2 N–H and O–H groups in total. The molecule has 0 spiro atoms. The summed E-state index contributed by atoms with van der Waals surface area (Å²) in [5.41, 5.74) is 0. The van der Waals surface area contributed by atoms with Gasteiger partial charge in [-0.15, -0.1) is 0 Å². The van der Waals surface area contributed by atoms with Crippen molar-refractivity contribution in [2.75, 3.05) is 34.9 Å². The van der Waals surface area contributed by atoms with E-state index in [1.165, 1.54) is 0 Å². The number of hydrogen-bond acceptors (Lipinski definition) is 4. The van der Waals surface area contributed by atoms with E-state index in [0.29, 0.717) is 12.3 Å². The second-order valence-corrected chi connectivity index (χ2v) is 3.86. The fraction of sp³-hybridized carbons (Fsp3) is 1.00. The Morgan fingerprint density at radius 3 is 1.38 bits per heavy atom. The van der Waals surface area contributed by atoms with Gasteiger partial charge in [-0.25, -0.2) is 0 Å². The number of rotatable bonds is 6. The minimum Gasteiger partial charge on any atom is -0.294 e. The van der Waals surface area contributed by atoms with E-state index >= 15 is 0 Å².